The first kappa shape index (κ1) is 17.8. The Morgan fingerprint density at radius 2 is 1.90 bits per heavy atom. The Labute approximate surface area is 125 Å². The molecule has 0 aliphatic carbocycles. The van der Waals surface area contributed by atoms with Crippen LogP contribution in [0.3, 0.4) is 0 Å². The number of ether oxygens (including phenoxy) is 1. The van der Waals surface area contributed by atoms with E-state index in [1.165, 1.54) is 6.07 Å². The third-order valence-corrected chi connectivity index (χ3v) is 3.46. The highest BCUT2D eigenvalue weighted by Gasteiger charge is 2.16. The van der Waals surface area contributed by atoms with Crippen LogP contribution in [0.25, 0.3) is 0 Å². The highest BCUT2D eigenvalue weighted by Crippen LogP contribution is 2.25. The van der Waals surface area contributed by atoms with Gasteiger partial charge < -0.3 is 20.7 Å². The fourth-order valence-electron chi connectivity index (χ4n) is 2.23. The normalized spacial score (nSPS) is 12.9. The maximum absolute atomic E-state index is 12.4. The second-order valence-electron chi connectivity index (χ2n) is 4.69. The summed E-state index contributed by atoms with van der Waals surface area (Å²) in [6, 6.07) is 6.57. The topological polar surface area (TPSA) is 50.5 Å². The minimum Gasteiger partial charge on any atom is -0.434 e. The molecular formula is C15H25F2N3O. The lowest BCUT2D eigenvalue weighted by molar-refractivity contribution is -0.0507. The van der Waals surface area contributed by atoms with Crippen LogP contribution < -0.4 is 15.8 Å². The van der Waals surface area contributed by atoms with Gasteiger partial charge in [-0.1, -0.05) is 32.0 Å². The molecule has 0 amide bonds. The van der Waals surface area contributed by atoms with Gasteiger partial charge in [-0.2, -0.15) is 8.78 Å². The van der Waals surface area contributed by atoms with E-state index in [2.05, 4.69) is 28.8 Å². The number of nitrogens with one attached hydrogen (secondary N) is 1. The maximum atomic E-state index is 12.4. The monoisotopic (exact) mass is 301 g/mol. The SMILES string of the molecule is CCN(CC)CCNC(CN)c1ccccc1OC(F)F. The largest absolute Gasteiger partial charge is 0.434 e. The predicted molar refractivity (Wildman–Crippen MR) is 80.7 cm³/mol. The highest BCUT2D eigenvalue weighted by atomic mass is 19.3. The van der Waals surface area contributed by atoms with Gasteiger partial charge in [0.2, 0.25) is 0 Å². The Morgan fingerprint density at radius 1 is 1.24 bits per heavy atom. The van der Waals surface area contributed by atoms with Crippen LogP contribution in [0.1, 0.15) is 25.5 Å². The summed E-state index contributed by atoms with van der Waals surface area (Å²) in [4.78, 5) is 2.28. The predicted octanol–water partition coefficient (Wildman–Crippen LogP) is 2.22. The van der Waals surface area contributed by atoms with Gasteiger partial charge in [-0.05, 0) is 19.2 Å². The van der Waals surface area contributed by atoms with E-state index in [-0.39, 0.29) is 11.8 Å². The van der Waals surface area contributed by atoms with E-state index in [0.717, 1.165) is 26.2 Å². The summed E-state index contributed by atoms with van der Waals surface area (Å²) in [6.45, 7) is 5.30. The zero-order valence-corrected chi connectivity index (χ0v) is 12.7. The maximum Gasteiger partial charge on any atom is 0.387 e. The van der Waals surface area contributed by atoms with Gasteiger partial charge in [0, 0.05) is 31.2 Å². The summed E-state index contributed by atoms with van der Waals surface area (Å²) in [5.74, 6) is 0.179. The number of rotatable bonds is 10. The molecule has 4 nitrogen and oxygen atoms in total. The van der Waals surface area contributed by atoms with Crippen molar-refractivity contribution in [1.82, 2.24) is 10.2 Å². The molecule has 120 valence electrons. The standard InChI is InChI=1S/C15H25F2N3O/c1-3-20(4-2)10-9-19-13(11-18)12-7-5-6-8-14(12)21-15(16)17/h5-8,13,15,19H,3-4,9-11,18H2,1-2H3. The number of halogens is 2. The molecule has 0 bridgehead atoms. The van der Waals surface area contributed by atoms with E-state index in [1.807, 2.05) is 0 Å². The molecule has 0 aliphatic rings. The van der Waals surface area contributed by atoms with Crippen molar-refractivity contribution in [3.05, 3.63) is 29.8 Å². The Morgan fingerprint density at radius 3 is 2.48 bits per heavy atom. The average Bonchev–Trinajstić information content (AvgIpc) is 2.48. The molecule has 1 aromatic carbocycles. The Hall–Kier alpha value is -1.24. The number of nitrogens with two attached hydrogens (primary N) is 1. The second kappa shape index (κ2) is 9.65. The number of benzene rings is 1. The summed E-state index contributed by atoms with van der Waals surface area (Å²) in [6.07, 6.45) is 0. The molecule has 1 aromatic rings. The lowest BCUT2D eigenvalue weighted by Gasteiger charge is -2.23. The second-order valence-corrected chi connectivity index (χ2v) is 4.69. The van der Waals surface area contributed by atoms with Crippen LogP contribution in [-0.2, 0) is 0 Å². The lowest BCUT2D eigenvalue weighted by Crippen LogP contribution is -2.36. The van der Waals surface area contributed by atoms with E-state index in [4.69, 9.17) is 5.73 Å². The molecule has 0 aromatic heterocycles. The van der Waals surface area contributed by atoms with Crippen molar-refractivity contribution >= 4 is 0 Å². The quantitative estimate of drug-likeness (QED) is 0.696. The molecule has 6 heteroatoms. The first-order chi connectivity index (χ1) is 10.1. The van der Waals surface area contributed by atoms with Crippen molar-refractivity contribution in [2.75, 3.05) is 32.7 Å². The van der Waals surface area contributed by atoms with Gasteiger partial charge in [0.1, 0.15) is 5.75 Å². The smallest absolute Gasteiger partial charge is 0.387 e. The molecule has 0 saturated heterocycles. The zero-order chi connectivity index (χ0) is 15.7. The number of nitrogens with zero attached hydrogens (tertiary/aromatic N) is 1. The summed E-state index contributed by atoms with van der Waals surface area (Å²) in [5, 5.41) is 3.31. The van der Waals surface area contributed by atoms with E-state index in [1.54, 1.807) is 18.2 Å². The number of alkyl halides is 2. The molecule has 0 heterocycles. The third kappa shape index (κ3) is 5.95. The fraction of sp³-hybridized carbons (Fsp3) is 0.600. The molecule has 0 aliphatic heterocycles. The molecule has 1 rings (SSSR count). The Balaban J connectivity index is 2.67. The summed E-state index contributed by atoms with van der Waals surface area (Å²) in [5.41, 5.74) is 6.43. The minimum absolute atomic E-state index is 0.179. The van der Waals surface area contributed by atoms with Crippen LogP contribution >= 0.6 is 0 Å². The molecule has 1 atom stereocenters. The van der Waals surface area contributed by atoms with Crippen LogP contribution in [0.5, 0.6) is 5.75 Å². The Kier molecular flexibility index (Phi) is 8.19. The molecular weight excluding hydrogens is 276 g/mol. The van der Waals surface area contributed by atoms with Gasteiger partial charge in [-0.3, -0.25) is 0 Å². The average molecular weight is 301 g/mol. The van der Waals surface area contributed by atoms with Gasteiger partial charge in [0.05, 0.1) is 0 Å². The van der Waals surface area contributed by atoms with Crippen LogP contribution in [0.15, 0.2) is 24.3 Å². The molecule has 0 spiro atoms. The minimum atomic E-state index is -2.83. The highest BCUT2D eigenvalue weighted by molar-refractivity contribution is 5.36. The summed E-state index contributed by atoms with van der Waals surface area (Å²) < 4.78 is 29.4. The van der Waals surface area contributed by atoms with E-state index in [0.29, 0.717) is 12.1 Å². The van der Waals surface area contributed by atoms with Crippen molar-refractivity contribution in [1.29, 1.82) is 0 Å². The van der Waals surface area contributed by atoms with Crippen molar-refractivity contribution < 1.29 is 13.5 Å². The van der Waals surface area contributed by atoms with Crippen molar-refractivity contribution in [2.24, 2.45) is 5.73 Å². The number of hydrogen-bond acceptors (Lipinski definition) is 4. The Bertz CT molecular complexity index is 400. The molecule has 0 saturated carbocycles. The number of para-hydroxylation sites is 1. The molecule has 3 N–H and O–H groups in total. The van der Waals surface area contributed by atoms with E-state index < -0.39 is 6.61 Å². The molecule has 0 radical (unpaired) electrons. The number of hydrogen-bond donors (Lipinski definition) is 2. The van der Waals surface area contributed by atoms with Gasteiger partial charge in [-0.25, -0.2) is 0 Å². The first-order valence-electron chi connectivity index (χ1n) is 7.31. The first-order valence-corrected chi connectivity index (χ1v) is 7.31. The lowest BCUT2D eigenvalue weighted by atomic mass is 10.1. The van der Waals surface area contributed by atoms with Crippen molar-refractivity contribution in [3.63, 3.8) is 0 Å². The van der Waals surface area contributed by atoms with Crippen LogP contribution in [0.2, 0.25) is 0 Å². The van der Waals surface area contributed by atoms with Gasteiger partial charge in [0.25, 0.3) is 0 Å². The summed E-state index contributed by atoms with van der Waals surface area (Å²) >= 11 is 0. The summed E-state index contributed by atoms with van der Waals surface area (Å²) in [7, 11) is 0. The van der Waals surface area contributed by atoms with Crippen LogP contribution in [0.4, 0.5) is 8.78 Å². The zero-order valence-electron chi connectivity index (χ0n) is 12.7. The van der Waals surface area contributed by atoms with Gasteiger partial charge in [0.15, 0.2) is 0 Å². The molecule has 21 heavy (non-hydrogen) atoms. The van der Waals surface area contributed by atoms with Gasteiger partial charge >= 0.3 is 6.61 Å². The fourth-order valence-corrected chi connectivity index (χ4v) is 2.23. The van der Waals surface area contributed by atoms with E-state index in [9.17, 15) is 8.78 Å². The van der Waals surface area contributed by atoms with Gasteiger partial charge in [-0.15, -0.1) is 0 Å². The molecule has 1 unspecified atom stereocenters. The third-order valence-electron chi connectivity index (χ3n) is 3.46. The van der Waals surface area contributed by atoms with Crippen LogP contribution in [0, 0.1) is 0 Å². The van der Waals surface area contributed by atoms with Crippen LogP contribution in [-0.4, -0.2) is 44.2 Å². The number of likely N-dealkylation sites (N-methyl/N-ethyl adjacent to an activating group) is 1. The van der Waals surface area contributed by atoms with Crippen molar-refractivity contribution in [2.45, 2.75) is 26.5 Å². The molecule has 0 fully saturated rings. The van der Waals surface area contributed by atoms with Crippen molar-refractivity contribution in [3.8, 4) is 5.75 Å². The van der Waals surface area contributed by atoms with E-state index >= 15 is 0 Å².